The molecule has 68 heavy (non-hydrogen) atoms. The lowest BCUT2D eigenvalue weighted by Gasteiger charge is -2.46. The third-order valence-electron chi connectivity index (χ3n) is 16.8. The lowest BCUT2D eigenvalue weighted by molar-refractivity contribution is 0.332. The van der Waals surface area contributed by atoms with Gasteiger partial charge in [-0.3, -0.25) is 0 Å². The summed E-state index contributed by atoms with van der Waals surface area (Å²) in [5, 5.41) is 3.63. The predicted octanol–water partition coefficient (Wildman–Crippen LogP) is 16.8. The minimum Gasteiger partial charge on any atom is -0.455 e. The van der Waals surface area contributed by atoms with Gasteiger partial charge in [-0.1, -0.05) is 150 Å². The molecule has 2 aliphatic carbocycles. The molecule has 0 N–H and O–H groups in total. The monoisotopic (exact) mass is 904 g/mol. The summed E-state index contributed by atoms with van der Waals surface area (Å²) in [5.74, 6) is 0. The maximum atomic E-state index is 7.24. The molecule has 4 aliphatic rings. The van der Waals surface area contributed by atoms with Crippen molar-refractivity contribution >= 4 is 88.9 Å². The van der Waals surface area contributed by atoms with Crippen LogP contribution in [-0.4, -0.2) is 6.85 Å². The van der Waals surface area contributed by atoms with Crippen LogP contribution in [0.25, 0.3) is 54.3 Å². The Labute approximate surface area is 406 Å². The standard InChI is InChI=1S/C63H61BN2OS/c1-59(2,3)36-21-24-38(25-22-36)66-50-35-48-42(40-17-13-15-19-46(40)63(48,11)12)33-44(50)54-55-51(34-43-41-18-14-16-20-52(41)67-57(43)54)65(39-26-27-47-49(32-39)62(9,10)30-29-61(47,7)8)56-45-31-37(60(4,5)6)23-28-53(45)68-58(56)64(55)66/h13-28,31-35H,29-30H2,1-12H3. The third-order valence-corrected chi connectivity index (χ3v) is 18.0. The number of hydrogen-bond acceptors (Lipinski definition) is 4. The number of hydrogen-bond donors (Lipinski definition) is 0. The van der Waals surface area contributed by atoms with Gasteiger partial charge in [0.15, 0.2) is 0 Å². The summed E-state index contributed by atoms with van der Waals surface area (Å²) < 4.78 is 9.91. The molecule has 9 aromatic rings. The molecule has 13 rings (SSSR count). The number of para-hydroxylation sites is 1. The first-order valence-electron chi connectivity index (χ1n) is 24.9. The molecule has 2 aliphatic heterocycles. The van der Waals surface area contributed by atoms with Crippen LogP contribution in [-0.2, 0) is 27.1 Å². The van der Waals surface area contributed by atoms with Gasteiger partial charge in [0.1, 0.15) is 11.2 Å². The highest BCUT2D eigenvalue weighted by Gasteiger charge is 2.50. The van der Waals surface area contributed by atoms with E-state index in [2.05, 4.69) is 220 Å². The highest BCUT2D eigenvalue weighted by Crippen LogP contribution is 2.58. The molecule has 0 spiro atoms. The first-order chi connectivity index (χ1) is 32.2. The zero-order chi connectivity index (χ0) is 47.2. The molecule has 0 unspecified atom stereocenters. The SMILES string of the molecule is CC(C)(C)c1ccc(N2B3c4sc5ccc(C(C)(C)C)cc5c4N(c4ccc5c(c4)C(C)(C)CCC5(C)C)c4cc5c(oc6ccccc65)c(c43)-c3cc4c(cc32)C(C)(C)c2ccccc2-4)cc1. The zero-order valence-electron chi connectivity index (χ0n) is 41.8. The van der Waals surface area contributed by atoms with E-state index in [1.165, 1.54) is 111 Å². The van der Waals surface area contributed by atoms with Crippen LogP contribution in [0, 0.1) is 0 Å². The maximum Gasteiger partial charge on any atom is 0.343 e. The maximum absolute atomic E-state index is 7.24. The van der Waals surface area contributed by atoms with Gasteiger partial charge in [-0.2, -0.15) is 0 Å². The number of rotatable bonds is 2. The fraction of sp³-hybridized carbons (Fsp3) is 0.302. The van der Waals surface area contributed by atoms with Crippen LogP contribution in [0.3, 0.4) is 0 Å². The Hall–Kier alpha value is -6.04. The van der Waals surface area contributed by atoms with E-state index in [4.69, 9.17) is 4.42 Å². The van der Waals surface area contributed by atoms with Gasteiger partial charge >= 0.3 is 6.85 Å². The molecule has 5 heteroatoms. The minimum absolute atomic E-state index is 0.0216. The van der Waals surface area contributed by atoms with Gasteiger partial charge in [0.05, 0.1) is 5.69 Å². The van der Waals surface area contributed by atoms with E-state index in [1.807, 2.05) is 11.3 Å². The fourth-order valence-corrected chi connectivity index (χ4v) is 14.0. The average molecular weight is 905 g/mol. The molecule has 0 amide bonds. The number of benzene rings is 7. The Morgan fingerprint density at radius 3 is 1.97 bits per heavy atom. The van der Waals surface area contributed by atoms with E-state index in [0.717, 1.165) is 28.4 Å². The van der Waals surface area contributed by atoms with Crippen LogP contribution in [0.4, 0.5) is 28.4 Å². The second-order valence-corrected chi connectivity index (χ2v) is 25.5. The molecule has 0 bridgehead atoms. The lowest BCUT2D eigenvalue weighted by atomic mass is 9.46. The van der Waals surface area contributed by atoms with Crippen LogP contribution in [0.1, 0.15) is 129 Å². The van der Waals surface area contributed by atoms with Gasteiger partial charge in [-0.15, -0.1) is 11.3 Å². The van der Waals surface area contributed by atoms with Crippen molar-refractivity contribution in [1.82, 2.24) is 0 Å². The van der Waals surface area contributed by atoms with Crippen LogP contribution < -0.4 is 20.0 Å². The predicted molar refractivity (Wildman–Crippen MR) is 293 cm³/mol. The van der Waals surface area contributed by atoms with Crippen molar-refractivity contribution in [1.29, 1.82) is 0 Å². The molecule has 7 aromatic carbocycles. The van der Waals surface area contributed by atoms with E-state index in [9.17, 15) is 0 Å². The molecular formula is C63H61BN2OS. The van der Waals surface area contributed by atoms with Crippen molar-refractivity contribution < 1.29 is 4.42 Å². The highest BCUT2D eigenvalue weighted by atomic mass is 32.1. The lowest BCUT2D eigenvalue weighted by Crippen LogP contribution is -2.60. The number of nitrogens with zero attached hydrogens (tertiary/aromatic N) is 2. The summed E-state index contributed by atoms with van der Waals surface area (Å²) in [5.41, 5.74) is 22.8. The van der Waals surface area contributed by atoms with E-state index in [1.54, 1.807) is 0 Å². The van der Waals surface area contributed by atoms with Gasteiger partial charge in [-0.25, -0.2) is 0 Å². The molecule has 0 saturated heterocycles. The Bertz CT molecular complexity index is 3640. The Morgan fingerprint density at radius 2 is 1.22 bits per heavy atom. The van der Waals surface area contributed by atoms with Gasteiger partial charge in [0.2, 0.25) is 0 Å². The summed E-state index contributed by atoms with van der Waals surface area (Å²) in [6, 6.07) is 49.7. The van der Waals surface area contributed by atoms with Crippen molar-refractivity contribution in [3.63, 3.8) is 0 Å². The van der Waals surface area contributed by atoms with Crippen molar-refractivity contribution in [3.8, 4) is 22.3 Å². The topological polar surface area (TPSA) is 19.6 Å². The molecular weight excluding hydrogens is 844 g/mol. The largest absolute Gasteiger partial charge is 0.455 e. The molecule has 0 fully saturated rings. The molecule has 3 nitrogen and oxygen atoms in total. The van der Waals surface area contributed by atoms with E-state index < -0.39 is 0 Å². The minimum atomic E-state index is -0.177. The average Bonchev–Trinajstić information content (AvgIpc) is 3.94. The molecule has 338 valence electrons. The quantitative estimate of drug-likeness (QED) is 0.161. The molecule has 4 heterocycles. The van der Waals surface area contributed by atoms with E-state index in [0.29, 0.717) is 0 Å². The second kappa shape index (κ2) is 13.6. The zero-order valence-corrected chi connectivity index (χ0v) is 42.6. The smallest absolute Gasteiger partial charge is 0.343 e. The van der Waals surface area contributed by atoms with Crippen LogP contribution in [0.15, 0.2) is 132 Å². The first kappa shape index (κ1) is 42.1. The van der Waals surface area contributed by atoms with Crippen molar-refractivity contribution in [2.75, 3.05) is 9.71 Å². The number of anilines is 5. The van der Waals surface area contributed by atoms with Crippen molar-refractivity contribution in [3.05, 3.63) is 161 Å². The number of fused-ring (bicyclic) bond motifs is 14. The van der Waals surface area contributed by atoms with Gasteiger partial charge in [0, 0.05) is 64.9 Å². The third kappa shape index (κ3) is 5.72. The van der Waals surface area contributed by atoms with Gasteiger partial charge in [0.25, 0.3) is 0 Å². The Kier molecular flexibility index (Phi) is 8.42. The molecule has 0 saturated carbocycles. The fourth-order valence-electron chi connectivity index (χ4n) is 12.7. The summed E-state index contributed by atoms with van der Waals surface area (Å²) in [7, 11) is 0. The van der Waals surface area contributed by atoms with Crippen LogP contribution >= 0.6 is 11.3 Å². The number of thiophene rings is 1. The van der Waals surface area contributed by atoms with E-state index >= 15 is 0 Å². The van der Waals surface area contributed by atoms with Crippen LogP contribution in [0.5, 0.6) is 0 Å². The summed E-state index contributed by atoms with van der Waals surface area (Å²) in [6.07, 6.45) is 2.34. The van der Waals surface area contributed by atoms with Crippen LogP contribution in [0.2, 0.25) is 0 Å². The van der Waals surface area contributed by atoms with Crippen molar-refractivity contribution in [2.45, 2.75) is 123 Å². The van der Waals surface area contributed by atoms with E-state index in [-0.39, 0.29) is 33.9 Å². The highest BCUT2D eigenvalue weighted by molar-refractivity contribution is 7.32. The summed E-state index contributed by atoms with van der Waals surface area (Å²) in [6.45, 7) is 28.5. The summed E-state index contributed by atoms with van der Waals surface area (Å²) >= 11 is 1.98. The van der Waals surface area contributed by atoms with Gasteiger partial charge < -0.3 is 14.1 Å². The number of furan rings is 1. The molecule has 0 atom stereocenters. The first-order valence-corrected chi connectivity index (χ1v) is 25.7. The molecule has 2 aromatic heterocycles. The second-order valence-electron chi connectivity index (χ2n) is 24.4. The Balaban J connectivity index is 1.21. The normalized spacial score (nSPS) is 17.3. The van der Waals surface area contributed by atoms with Gasteiger partial charge in [-0.05, 0) is 145 Å². The van der Waals surface area contributed by atoms with Crippen molar-refractivity contribution in [2.24, 2.45) is 0 Å². The Morgan fingerprint density at radius 1 is 0.544 bits per heavy atom. The molecule has 0 radical (unpaired) electrons. The summed E-state index contributed by atoms with van der Waals surface area (Å²) in [4.78, 5) is 5.41.